The topological polar surface area (TPSA) is 50.2 Å². The van der Waals surface area contributed by atoms with Crippen molar-refractivity contribution in [2.45, 2.75) is 0 Å². The highest BCUT2D eigenvalue weighted by Crippen LogP contribution is 2.26. The second-order valence-corrected chi connectivity index (χ2v) is 3.73. The van der Waals surface area contributed by atoms with E-state index in [9.17, 15) is 14.3 Å². The Kier molecular flexibility index (Phi) is 3.06. The lowest BCUT2D eigenvalue weighted by Crippen LogP contribution is -2.04. The summed E-state index contributed by atoms with van der Waals surface area (Å²) in [6, 6.07) is 6.65. The third-order valence-corrected chi connectivity index (χ3v) is 2.47. The van der Waals surface area contributed by atoms with Crippen LogP contribution in [0, 0.1) is 5.82 Å². The minimum atomic E-state index is -0.760. The van der Waals surface area contributed by atoms with Crippen LogP contribution in [0.25, 0.3) is 0 Å². The SMILES string of the molecule is O=C(c1ccccn1)c1cc(F)c(Cl)cc1O. The number of carbonyl (C=O) groups excluding carboxylic acids is 1. The Morgan fingerprint density at radius 2 is 2.12 bits per heavy atom. The number of phenolic OH excluding ortho intramolecular Hbond substituents is 1. The van der Waals surface area contributed by atoms with Crippen molar-refractivity contribution in [3.63, 3.8) is 0 Å². The van der Waals surface area contributed by atoms with Gasteiger partial charge in [-0.3, -0.25) is 9.78 Å². The number of hydrogen-bond acceptors (Lipinski definition) is 3. The Labute approximate surface area is 101 Å². The highest BCUT2D eigenvalue weighted by atomic mass is 35.5. The standard InChI is InChI=1S/C12H7ClFNO2/c13-8-6-11(16)7(5-9(8)14)12(17)10-3-1-2-4-15-10/h1-6,16H. The smallest absolute Gasteiger partial charge is 0.215 e. The van der Waals surface area contributed by atoms with Gasteiger partial charge in [0.2, 0.25) is 5.78 Å². The average Bonchev–Trinajstić information content (AvgIpc) is 2.34. The van der Waals surface area contributed by atoms with E-state index in [4.69, 9.17) is 11.6 Å². The lowest BCUT2D eigenvalue weighted by atomic mass is 10.1. The number of carbonyl (C=O) groups is 1. The van der Waals surface area contributed by atoms with Crippen molar-refractivity contribution < 1.29 is 14.3 Å². The molecule has 3 nitrogen and oxygen atoms in total. The van der Waals surface area contributed by atoms with E-state index < -0.39 is 11.6 Å². The molecule has 0 aliphatic rings. The van der Waals surface area contributed by atoms with Gasteiger partial charge in [0.15, 0.2) is 0 Å². The molecule has 0 amide bonds. The highest BCUT2D eigenvalue weighted by Gasteiger charge is 2.17. The molecular formula is C12H7ClFNO2. The number of rotatable bonds is 2. The van der Waals surface area contributed by atoms with E-state index in [0.29, 0.717) is 0 Å². The highest BCUT2D eigenvalue weighted by molar-refractivity contribution is 6.31. The summed E-state index contributed by atoms with van der Waals surface area (Å²) in [6.45, 7) is 0. The summed E-state index contributed by atoms with van der Waals surface area (Å²) in [5.74, 6) is -1.69. The largest absolute Gasteiger partial charge is 0.507 e. The Bertz CT molecular complexity index is 572. The number of ketones is 1. The molecule has 0 fully saturated rings. The molecule has 86 valence electrons. The van der Waals surface area contributed by atoms with Crippen molar-refractivity contribution in [3.8, 4) is 5.75 Å². The van der Waals surface area contributed by atoms with Crippen molar-refractivity contribution in [1.29, 1.82) is 0 Å². The minimum Gasteiger partial charge on any atom is -0.507 e. The van der Waals surface area contributed by atoms with Gasteiger partial charge >= 0.3 is 0 Å². The van der Waals surface area contributed by atoms with Crippen molar-refractivity contribution in [2.24, 2.45) is 0 Å². The fraction of sp³-hybridized carbons (Fsp3) is 0. The van der Waals surface area contributed by atoms with Gasteiger partial charge in [0.05, 0.1) is 10.6 Å². The van der Waals surface area contributed by atoms with Crippen LogP contribution in [0.3, 0.4) is 0 Å². The van der Waals surface area contributed by atoms with Gasteiger partial charge in [-0.05, 0) is 18.2 Å². The van der Waals surface area contributed by atoms with Crippen molar-refractivity contribution in [1.82, 2.24) is 4.98 Å². The number of hydrogen-bond donors (Lipinski definition) is 1. The van der Waals surface area contributed by atoms with Gasteiger partial charge in [-0.2, -0.15) is 0 Å². The lowest BCUT2D eigenvalue weighted by Gasteiger charge is -2.04. The van der Waals surface area contributed by atoms with E-state index in [1.54, 1.807) is 12.1 Å². The number of aromatic hydroxyl groups is 1. The second kappa shape index (κ2) is 4.51. The minimum absolute atomic E-state index is 0.129. The molecule has 17 heavy (non-hydrogen) atoms. The average molecular weight is 252 g/mol. The zero-order valence-electron chi connectivity index (χ0n) is 8.52. The van der Waals surface area contributed by atoms with Gasteiger partial charge in [0, 0.05) is 12.3 Å². The van der Waals surface area contributed by atoms with Crippen molar-refractivity contribution in [2.75, 3.05) is 0 Å². The monoisotopic (exact) mass is 251 g/mol. The molecule has 2 rings (SSSR count). The van der Waals surface area contributed by atoms with E-state index in [1.807, 2.05) is 0 Å². The first-order valence-corrected chi connectivity index (χ1v) is 5.11. The van der Waals surface area contributed by atoms with Gasteiger partial charge < -0.3 is 5.11 Å². The van der Waals surface area contributed by atoms with Gasteiger partial charge in [0.25, 0.3) is 0 Å². The summed E-state index contributed by atoms with van der Waals surface area (Å²) in [6.07, 6.45) is 1.44. The molecule has 0 saturated heterocycles. The molecule has 2 aromatic rings. The van der Waals surface area contributed by atoms with Crippen LogP contribution in [0.5, 0.6) is 5.75 Å². The summed E-state index contributed by atoms with van der Waals surface area (Å²) < 4.78 is 13.2. The number of benzene rings is 1. The van der Waals surface area contributed by atoms with E-state index in [0.717, 1.165) is 12.1 Å². The van der Waals surface area contributed by atoms with Crippen LogP contribution in [0.2, 0.25) is 5.02 Å². The van der Waals surface area contributed by atoms with Crippen molar-refractivity contribution in [3.05, 3.63) is 58.6 Å². The molecule has 0 aliphatic carbocycles. The van der Waals surface area contributed by atoms with E-state index >= 15 is 0 Å². The number of aromatic nitrogens is 1. The molecule has 5 heteroatoms. The third-order valence-electron chi connectivity index (χ3n) is 2.18. The number of phenols is 1. The summed E-state index contributed by atoms with van der Waals surface area (Å²) in [5, 5.41) is 9.31. The van der Waals surface area contributed by atoms with E-state index in [1.165, 1.54) is 12.3 Å². The first-order chi connectivity index (χ1) is 8.09. The zero-order valence-corrected chi connectivity index (χ0v) is 9.28. The molecule has 1 aromatic carbocycles. The molecule has 1 N–H and O–H groups in total. The molecule has 0 saturated carbocycles. The molecule has 0 spiro atoms. The van der Waals surface area contributed by atoms with Crippen LogP contribution in [-0.2, 0) is 0 Å². The Balaban J connectivity index is 2.48. The van der Waals surface area contributed by atoms with Crippen molar-refractivity contribution >= 4 is 17.4 Å². The van der Waals surface area contributed by atoms with Gasteiger partial charge in [0.1, 0.15) is 17.3 Å². The maximum atomic E-state index is 13.2. The summed E-state index contributed by atoms with van der Waals surface area (Å²) in [5.41, 5.74) is -0.0323. The van der Waals surface area contributed by atoms with Crippen LogP contribution in [0.1, 0.15) is 16.1 Å². The van der Waals surface area contributed by atoms with Gasteiger partial charge in [-0.15, -0.1) is 0 Å². The van der Waals surface area contributed by atoms with Crippen LogP contribution in [0.15, 0.2) is 36.5 Å². The summed E-state index contributed by atoms with van der Waals surface area (Å²) in [7, 11) is 0. The Hall–Kier alpha value is -1.94. The molecule has 0 radical (unpaired) electrons. The Morgan fingerprint density at radius 1 is 1.35 bits per heavy atom. The number of nitrogens with zero attached hydrogens (tertiary/aromatic N) is 1. The third kappa shape index (κ3) is 2.26. The molecule has 0 unspecified atom stereocenters. The quantitative estimate of drug-likeness (QED) is 0.835. The van der Waals surface area contributed by atoms with Crippen LogP contribution in [0.4, 0.5) is 4.39 Å². The zero-order chi connectivity index (χ0) is 12.4. The van der Waals surface area contributed by atoms with Crippen LogP contribution < -0.4 is 0 Å². The molecule has 0 atom stereocenters. The summed E-state index contributed by atoms with van der Waals surface area (Å²) in [4.78, 5) is 15.7. The second-order valence-electron chi connectivity index (χ2n) is 3.33. The fourth-order valence-corrected chi connectivity index (χ4v) is 1.51. The fourth-order valence-electron chi connectivity index (χ4n) is 1.35. The number of pyridine rings is 1. The van der Waals surface area contributed by atoms with E-state index in [2.05, 4.69) is 4.98 Å². The normalized spacial score (nSPS) is 10.2. The molecule has 1 aromatic heterocycles. The molecule has 0 aliphatic heterocycles. The molecule has 1 heterocycles. The Morgan fingerprint density at radius 3 is 2.76 bits per heavy atom. The molecular weight excluding hydrogens is 245 g/mol. The lowest BCUT2D eigenvalue weighted by molar-refractivity contribution is 0.103. The van der Waals surface area contributed by atoms with Crippen LogP contribution in [-0.4, -0.2) is 15.9 Å². The maximum Gasteiger partial charge on any atom is 0.215 e. The van der Waals surface area contributed by atoms with Gasteiger partial charge in [-0.1, -0.05) is 17.7 Å². The first kappa shape index (κ1) is 11.5. The molecule has 0 bridgehead atoms. The first-order valence-electron chi connectivity index (χ1n) is 4.73. The summed E-state index contributed by atoms with van der Waals surface area (Å²) >= 11 is 5.47. The van der Waals surface area contributed by atoms with E-state index in [-0.39, 0.29) is 22.0 Å². The number of halogens is 2. The maximum absolute atomic E-state index is 13.2. The predicted molar refractivity (Wildman–Crippen MR) is 60.7 cm³/mol. The van der Waals surface area contributed by atoms with Crippen LogP contribution >= 0.6 is 11.6 Å². The van der Waals surface area contributed by atoms with Gasteiger partial charge in [-0.25, -0.2) is 4.39 Å². The predicted octanol–water partition coefficient (Wildman–Crippen LogP) is 2.81.